The minimum absolute atomic E-state index is 0.821. The largest absolute Gasteiger partial charge is 0.375 e. The van der Waals surface area contributed by atoms with Gasteiger partial charge in [0.05, 0.1) is 0 Å². The first kappa shape index (κ1) is 9.06. The highest BCUT2D eigenvalue weighted by Gasteiger charge is 2.11. The first-order chi connectivity index (χ1) is 6.27. The molecule has 0 saturated carbocycles. The lowest BCUT2D eigenvalue weighted by atomic mass is 10.1. The number of hydrogen-bond donors (Lipinski definition) is 2. The summed E-state index contributed by atoms with van der Waals surface area (Å²) in [7, 11) is 0. The predicted molar refractivity (Wildman–Crippen MR) is 54.6 cm³/mol. The third-order valence-corrected chi connectivity index (χ3v) is 3.48. The van der Waals surface area contributed by atoms with E-state index >= 15 is 0 Å². The van der Waals surface area contributed by atoms with E-state index in [4.69, 9.17) is 5.73 Å². The Hall–Kier alpha value is -0.510. The fourth-order valence-electron chi connectivity index (χ4n) is 1.56. The van der Waals surface area contributed by atoms with Crippen LogP contribution in [0, 0.1) is 0 Å². The molecule has 0 aliphatic carbocycles. The van der Waals surface area contributed by atoms with Crippen LogP contribution >= 0.6 is 11.8 Å². The van der Waals surface area contributed by atoms with Gasteiger partial charge in [-0.3, -0.25) is 0 Å². The van der Waals surface area contributed by atoms with Crippen molar-refractivity contribution in [3.05, 3.63) is 29.3 Å². The molecular weight excluding hydrogens is 182 g/mol. The van der Waals surface area contributed by atoms with E-state index in [1.807, 2.05) is 23.9 Å². The van der Waals surface area contributed by atoms with Crippen LogP contribution in [0.2, 0.25) is 0 Å². The Bertz CT molecular complexity index is 312. The molecule has 70 valence electrons. The zero-order valence-corrected chi connectivity index (χ0v) is 8.18. The number of nitrogens with two attached hydrogens (primary N) is 1. The van der Waals surface area contributed by atoms with Gasteiger partial charge in [0.2, 0.25) is 0 Å². The lowest BCUT2D eigenvalue weighted by Gasteiger charge is -2.16. The molecule has 1 aromatic rings. The Morgan fingerprint density at radius 3 is 3.08 bits per heavy atom. The van der Waals surface area contributed by atoms with Crippen LogP contribution in [0.3, 0.4) is 0 Å². The SMILES string of the molecule is NC(O)c1ccc2c(c1)CCCS2. The third kappa shape index (κ3) is 1.88. The topological polar surface area (TPSA) is 46.2 Å². The van der Waals surface area contributed by atoms with Crippen molar-refractivity contribution in [2.45, 2.75) is 24.0 Å². The molecule has 0 radical (unpaired) electrons. The number of fused-ring (bicyclic) bond motifs is 1. The smallest absolute Gasteiger partial charge is 0.128 e. The molecule has 1 aliphatic heterocycles. The minimum atomic E-state index is -0.836. The number of thioether (sulfide) groups is 1. The van der Waals surface area contributed by atoms with Gasteiger partial charge in [0.1, 0.15) is 6.23 Å². The summed E-state index contributed by atoms with van der Waals surface area (Å²) in [4.78, 5) is 1.34. The summed E-state index contributed by atoms with van der Waals surface area (Å²) in [5.41, 5.74) is 7.55. The molecular formula is C10H13NOS. The summed E-state index contributed by atoms with van der Waals surface area (Å²) in [5.74, 6) is 1.21. The lowest BCUT2D eigenvalue weighted by Crippen LogP contribution is -2.09. The summed E-state index contributed by atoms with van der Waals surface area (Å²) in [6.07, 6.45) is 1.50. The Labute approximate surface area is 82.1 Å². The van der Waals surface area contributed by atoms with Gasteiger partial charge in [0, 0.05) is 4.90 Å². The Kier molecular flexibility index (Phi) is 2.58. The second-order valence-electron chi connectivity index (χ2n) is 3.26. The molecule has 0 aromatic heterocycles. The van der Waals surface area contributed by atoms with Crippen molar-refractivity contribution in [3.63, 3.8) is 0 Å². The van der Waals surface area contributed by atoms with Crippen molar-refractivity contribution in [3.8, 4) is 0 Å². The summed E-state index contributed by atoms with van der Waals surface area (Å²) >= 11 is 1.89. The van der Waals surface area contributed by atoms with Gasteiger partial charge in [-0.25, -0.2) is 0 Å². The standard InChI is InChI=1S/C10H13NOS/c11-10(12)8-3-4-9-7(6-8)2-1-5-13-9/h3-4,6,10,12H,1-2,5,11H2. The van der Waals surface area contributed by atoms with Crippen LogP contribution in [-0.2, 0) is 6.42 Å². The highest BCUT2D eigenvalue weighted by Crippen LogP contribution is 2.31. The summed E-state index contributed by atoms with van der Waals surface area (Å²) in [6, 6.07) is 5.98. The molecule has 1 unspecified atom stereocenters. The quantitative estimate of drug-likeness (QED) is 0.670. The van der Waals surface area contributed by atoms with Gasteiger partial charge in [-0.05, 0) is 35.8 Å². The zero-order chi connectivity index (χ0) is 9.26. The van der Waals surface area contributed by atoms with Crippen LogP contribution in [-0.4, -0.2) is 10.9 Å². The monoisotopic (exact) mass is 195 g/mol. The molecule has 1 aliphatic rings. The number of aliphatic hydroxyl groups excluding tert-OH is 1. The normalized spacial score (nSPS) is 18.0. The number of aryl methyl sites for hydroxylation is 1. The second kappa shape index (κ2) is 3.70. The van der Waals surface area contributed by atoms with E-state index in [9.17, 15) is 5.11 Å². The fourth-order valence-corrected chi connectivity index (χ4v) is 2.58. The highest BCUT2D eigenvalue weighted by molar-refractivity contribution is 7.99. The van der Waals surface area contributed by atoms with Crippen molar-refractivity contribution in [1.82, 2.24) is 0 Å². The number of benzene rings is 1. The molecule has 3 N–H and O–H groups in total. The second-order valence-corrected chi connectivity index (χ2v) is 4.40. The Morgan fingerprint density at radius 1 is 1.46 bits per heavy atom. The number of hydrogen-bond acceptors (Lipinski definition) is 3. The molecule has 0 saturated heterocycles. The van der Waals surface area contributed by atoms with Crippen LogP contribution < -0.4 is 5.73 Å². The average molecular weight is 195 g/mol. The van der Waals surface area contributed by atoms with Crippen molar-refractivity contribution in [1.29, 1.82) is 0 Å². The van der Waals surface area contributed by atoms with E-state index in [-0.39, 0.29) is 0 Å². The fraction of sp³-hybridized carbons (Fsp3) is 0.400. The van der Waals surface area contributed by atoms with Crippen molar-refractivity contribution >= 4 is 11.8 Å². The van der Waals surface area contributed by atoms with Crippen LogP contribution in [0.25, 0.3) is 0 Å². The minimum Gasteiger partial charge on any atom is -0.375 e. The first-order valence-corrected chi connectivity index (χ1v) is 5.45. The van der Waals surface area contributed by atoms with E-state index in [0.29, 0.717) is 0 Å². The molecule has 0 amide bonds. The van der Waals surface area contributed by atoms with E-state index in [1.54, 1.807) is 0 Å². The number of rotatable bonds is 1. The van der Waals surface area contributed by atoms with Crippen molar-refractivity contribution in [2.24, 2.45) is 5.73 Å². The highest BCUT2D eigenvalue weighted by atomic mass is 32.2. The van der Waals surface area contributed by atoms with Crippen LogP contribution in [0.15, 0.2) is 23.1 Å². The summed E-state index contributed by atoms with van der Waals surface area (Å²) in [6.45, 7) is 0. The maximum absolute atomic E-state index is 9.20. The van der Waals surface area contributed by atoms with E-state index in [1.165, 1.54) is 22.6 Å². The van der Waals surface area contributed by atoms with Gasteiger partial charge in [0.15, 0.2) is 0 Å². The molecule has 3 heteroatoms. The Morgan fingerprint density at radius 2 is 2.31 bits per heavy atom. The molecule has 1 aromatic carbocycles. The molecule has 0 spiro atoms. The molecule has 2 rings (SSSR count). The van der Waals surface area contributed by atoms with Gasteiger partial charge < -0.3 is 10.8 Å². The molecule has 1 heterocycles. The van der Waals surface area contributed by atoms with Crippen LogP contribution in [0.4, 0.5) is 0 Å². The zero-order valence-electron chi connectivity index (χ0n) is 7.36. The Balaban J connectivity index is 2.35. The third-order valence-electron chi connectivity index (χ3n) is 2.27. The molecule has 0 fully saturated rings. The molecule has 0 bridgehead atoms. The van der Waals surface area contributed by atoms with Crippen LogP contribution in [0.5, 0.6) is 0 Å². The molecule has 2 nitrogen and oxygen atoms in total. The van der Waals surface area contributed by atoms with Gasteiger partial charge in [-0.1, -0.05) is 12.1 Å². The van der Waals surface area contributed by atoms with Gasteiger partial charge in [-0.2, -0.15) is 0 Å². The lowest BCUT2D eigenvalue weighted by molar-refractivity contribution is 0.186. The van der Waals surface area contributed by atoms with E-state index < -0.39 is 6.23 Å². The van der Waals surface area contributed by atoms with Crippen molar-refractivity contribution in [2.75, 3.05) is 5.75 Å². The van der Waals surface area contributed by atoms with E-state index in [0.717, 1.165) is 12.0 Å². The maximum atomic E-state index is 9.20. The van der Waals surface area contributed by atoms with E-state index in [2.05, 4.69) is 6.07 Å². The van der Waals surface area contributed by atoms with Gasteiger partial charge >= 0.3 is 0 Å². The van der Waals surface area contributed by atoms with Gasteiger partial charge in [-0.15, -0.1) is 11.8 Å². The summed E-state index contributed by atoms with van der Waals surface area (Å²) < 4.78 is 0. The summed E-state index contributed by atoms with van der Waals surface area (Å²) in [5, 5.41) is 9.20. The van der Waals surface area contributed by atoms with Crippen LogP contribution in [0.1, 0.15) is 23.8 Å². The van der Waals surface area contributed by atoms with Gasteiger partial charge in [0.25, 0.3) is 0 Å². The molecule has 1 atom stereocenters. The first-order valence-electron chi connectivity index (χ1n) is 4.46. The molecule has 13 heavy (non-hydrogen) atoms. The predicted octanol–water partition coefficient (Wildman–Crippen LogP) is 1.67. The van der Waals surface area contributed by atoms with Crippen molar-refractivity contribution < 1.29 is 5.11 Å². The number of aliphatic hydroxyl groups is 1. The average Bonchev–Trinajstić information content (AvgIpc) is 2.17. The maximum Gasteiger partial charge on any atom is 0.128 e.